The number of anilines is 1. The van der Waals surface area contributed by atoms with E-state index < -0.39 is 15.8 Å². The number of ether oxygens (including phenoxy) is 2. The van der Waals surface area contributed by atoms with Crippen molar-refractivity contribution in [1.29, 1.82) is 0 Å². The van der Waals surface area contributed by atoms with E-state index in [0.717, 1.165) is 22.0 Å². The average molecular weight is 456 g/mol. The first kappa shape index (κ1) is 21.7. The maximum absolute atomic E-state index is 12.5. The lowest BCUT2D eigenvalue weighted by Crippen LogP contribution is -2.20. The molecule has 0 aliphatic carbocycles. The van der Waals surface area contributed by atoms with E-state index in [9.17, 15) is 18.0 Å². The summed E-state index contributed by atoms with van der Waals surface area (Å²) in [7, 11) is -1.60. The van der Waals surface area contributed by atoms with Crippen LogP contribution >= 0.6 is 23.1 Å². The second-order valence-corrected chi connectivity index (χ2v) is 10.6. The number of amides is 1. The molecule has 0 atom stereocenters. The van der Waals surface area contributed by atoms with Crippen molar-refractivity contribution >= 4 is 49.8 Å². The van der Waals surface area contributed by atoms with Crippen LogP contribution in [-0.4, -0.2) is 45.5 Å². The lowest BCUT2D eigenvalue weighted by atomic mass is 10.1. The van der Waals surface area contributed by atoms with Crippen molar-refractivity contribution in [3.05, 3.63) is 40.3 Å². The van der Waals surface area contributed by atoms with Gasteiger partial charge in [-0.2, -0.15) is 0 Å². The number of hydrogen-bond donors (Lipinski definition) is 1. The van der Waals surface area contributed by atoms with Crippen LogP contribution in [0.3, 0.4) is 0 Å². The first-order valence-corrected chi connectivity index (χ1v) is 12.5. The van der Waals surface area contributed by atoms with Gasteiger partial charge in [-0.05, 0) is 43.2 Å². The Morgan fingerprint density at radius 2 is 1.97 bits per heavy atom. The molecule has 0 radical (unpaired) electrons. The number of thiophene rings is 1. The minimum absolute atomic E-state index is 0.0101. The van der Waals surface area contributed by atoms with Gasteiger partial charge in [0.1, 0.15) is 10.8 Å². The van der Waals surface area contributed by atoms with Gasteiger partial charge < -0.3 is 14.8 Å². The van der Waals surface area contributed by atoms with Gasteiger partial charge in [0, 0.05) is 9.77 Å². The van der Waals surface area contributed by atoms with Crippen LogP contribution < -0.4 is 10.1 Å². The molecule has 1 aromatic carbocycles. The summed E-state index contributed by atoms with van der Waals surface area (Å²) in [6, 6.07) is 7.34. The normalized spacial score (nSPS) is 14.7. The van der Waals surface area contributed by atoms with Gasteiger partial charge in [-0.1, -0.05) is 0 Å². The predicted molar refractivity (Wildman–Crippen MR) is 114 cm³/mol. The molecular formula is C19H21NO6S3. The second kappa shape index (κ2) is 9.19. The van der Waals surface area contributed by atoms with Crippen molar-refractivity contribution in [2.45, 2.75) is 24.0 Å². The van der Waals surface area contributed by atoms with Gasteiger partial charge in [-0.25, -0.2) is 13.2 Å². The minimum Gasteiger partial charge on any atom is -0.497 e. The number of esters is 1. The molecule has 1 aromatic heterocycles. The van der Waals surface area contributed by atoms with Crippen LogP contribution in [0.25, 0.3) is 0 Å². The number of hydrogen-bond acceptors (Lipinski definition) is 8. The summed E-state index contributed by atoms with van der Waals surface area (Å²) in [6.45, 7) is 1.90. The third-order valence-electron chi connectivity index (χ3n) is 4.27. The van der Waals surface area contributed by atoms with Crippen LogP contribution in [0.15, 0.2) is 29.2 Å². The fourth-order valence-electron chi connectivity index (χ4n) is 2.91. The van der Waals surface area contributed by atoms with Crippen molar-refractivity contribution in [2.24, 2.45) is 0 Å². The van der Waals surface area contributed by atoms with Crippen molar-refractivity contribution in [1.82, 2.24) is 0 Å². The third kappa shape index (κ3) is 5.31. The molecule has 1 amide bonds. The van der Waals surface area contributed by atoms with Crippen molar-refractivity contribution < 1.29 is 27.5 Å². The molecule has 0 saturated heterocycles. The highest BCUT2D eigenvalue weighted by atomic mass is 32.2. The molecular weight excluding hydrogens is 434 g/mol. The van der Waals surface area contributed by atoms with Gasteiger partial charge in [0.15, 0.2) is 9.84 Å². The van der Waals surface area contributed by atoms with E-state index >= 15 is 0 Å². The zero-order chi connectivity index (χ0) is 21.0. The zero-order valence-electron chi connectivity index (χ0n) is 16.0. The molecule has 2 aromatic rings. The van der Waals surface area contributed by atoms with E-state index in [2.05, 4.69) is 5.32 Å². The van der Waals surface area contributed by atoms with Crippen LogP contribution in [0.5, 0.6) is 5.75 Å². The maximum atomic E-state index is 12.5. The standard InChI is InChI=1S/C19H21NO6S3/c1-3-26-19(22)17-14-8-9-29(23,24)11-15(14)28-18(17)20-16(21)10-27-13-6-4-12(25-2)5-7-13/h4-7H,3,8-11H2,1-2H3,(H,20,21). The number of benzene rings is 1. The van der Waals surface area contributed by atoms with Crippen LogP contribution in [0.2, 0.25) is 0 Å². The van der Waals surface area contributed by atoms with Crippen LogP contribution in [-0.2, 0) is 31.5 Å². The van der Waals surface area contributed by atoms with Gasteiger partial charge in [-0.3, -0.25) is 4.79 Å². The highest BCUT2D eigenvalue weighted by Gasteiger charge is 2.32. The Hall–Kier alpha value is -2.04. The lowest BCUT2D eigenvalue weighted by Gasteiger charge is -2.13. The predicted octanol–water partition coefficient (Wildman–Crippen LogP) is 3.14. The van der Waals surface area contributed by atoms with Gasteiger partial charge in [-0.15, -0.1) is 23.1 Å². The van der Waals surface area contributed by atoms with Gasteiger partial charge >= 0.3 is 5.97 Å². The smallest absolute Gasteiger partial charge is 0.341 e. The Labute approximate surface area is 177 Å². The quantitative estimate of drug-likeness (QED) is 0.506. The SMILES string of the molecule is CCOC(=O)c1c(NC(=O)CSc2ccc(OC)cc2)sc2c1CCS(=O)(=O)C2. The summed E-state index contributed by atoms with van der Waals surface area (Å²) < 4.78 is 34.1. The molecule has 1 aliphatic rings. The minimum atomic E-state index is -3.19. The first-order valence-electron chi connectivity index (χ1n) is 8.91. The Bertz CT molecular complexity index is 1010. The van der Waals surface area contributed by atoms with Gasteiger partial charge in [0.05, 0.1) is 36.5 Å². The van der Waals surface area contributed by atoms with Crippen LogP contribution in [0.4, 0.5) is 5.00 Å². The fraction of sp³-hybridized carbons (Fsp3) is 0.368. The fourth-order valence-corrected chi connectivity index (χ4v) is 6.67. The number of sulfone groups is 1. The molecule has 156 valence electrons. The molecule has 0 saturated carbocycles. The molecule has 1 N–H and O–H groups in total. The van der Waals surface area contributed by atoms with Crippen LogP contribution in [0.1, 0.15) is 27.7 Å². The molecule has 29 heavy (non-hydrogen) atoms. The number of thioether (sulfide) groups is 1. The lowest BCUT2D eigenvalue weighted by molar-refractivity contribution is -0.113. The molecule has 0 fully saturated rings. The Kier molecular flexibility index (Phi) is 6.86. The number of nitrogens with one attached hydrogen (secondary N) is 1. The highest BCUT2D eigenvalue weighted by Crippen LogP contribution is 2.38. The first-order chi connectivity index (χ1) is 13.8. The molecule has 3 rings (SSSR count). The number of methoxy groups -OCH3 is 1. The van der Waals surface area contributed by atoms with E-state index in [1.807, 2.05) is 24.3 Å². The summed E-state index contributed by atoms with van der Waals surface area (Å²) in [5.41, 5.74) is 0.950. The zero-order valence-corrected chi connectivity index (χ0v) is 18.5. The van der Waals surface area contributed by atoms with E-state index in [1.54, 1.807) is 14.0 Å². The van der Waals surface area contributed by atoms with Gasteiger partial charge in [0.2, 0.25) is 5.91 Å². The molecule has 0 unspecified atom stereocenters. The summed E-state index contributed by atoms with van der Waals surface area (Å²) in [5.74, 6) is -0.0629. The number of carbonyl (C=O) groups is 2. The largest absolute Gasteiger partial charge is 0.497 e. The molecule has 0 spiro atoms. The summed E-state index contributed by atoms with van der Waals surface area (Å²) in [5, 5.41) is 3.12. The Balaban J connectivity index is 1.75. The topological polar surface area (TPSA) is 98.8 Å². The van der Waals surface area contributed by atoms with Crippen LogP contribution in [0, 0.1) is 0 Å². The molecule has 2 heterocycles. The highest BCUT2D eigenvalue weighted by molar-refractivity contribution is 8.00. The van der Waals surface area contributed by atoms with Crippen molar-refractivity contribution in [3.8, 4) is 5.75 Å². The van der Waals surface area contributed by atoms with E-state index in [-0.39, 0.29) is 41.8 Å². The summed E-state index contributed by atoms with van der Waals surface area (Å²) in [6.07, 6.45) is 0.249. The average Bonchev–Trinajstić information content (AvgIpc) is 3.02. The maximum Gasteiger partial charge on any atom is 0.341 e. The second-order valence-electron chi connectivity index (χ2n) is 6.28. The monoisotopic (exact) mass is 455 g/mol. The third-order valence-corrected chi connectivity index (χ3v) is 8.16. The molecule has 1 aliphatic heterocycles. The van der Waals surface area contributed by atoms with E-state index in [4.69, 9.17) is 9.47 Å². The van der Waals surface area contributed by atoms with E-state index in [0.29, 0.717) is 15.4 Å². The van der Waals surface area contributed by atoms with Crippen molar-refractivity contribution in [3.63, 3.8) is 0 Å². The number of fused-ring (bicyclic) bond motifs is 1. The van der Waals surface area contributed by atoms with Crippen molar-refractivity contribution in [2.75, 3.05) is 30.5 Å². The Morgan fingerprint density at radius 3 is 2.62 bits per heavy atom. The summed E-state index contributed by atoms with van der Waals surface area (Å²) in [4.78, 5) is 26.4. The molecule has 0 bridgehead atoms. The van der Waals surface area contributed by atoms with E-state index in [1.165, 1.54) is 11.8 Å². The Morgan fingerprint density at radius 1 is 1.24 bits per heavy atom. The molecule has 10 heteroatoms. The van der Waals surface area contributed by atoms with Gasteiger partial charge in [0.25, 0.3) is 0 Å². The molecule has 7 nitrogen and oxygen atoms in total. The number of rotatable bonds is 7. The summed E-state index contributed by atoms with van der Waals surface area (Å²) >= 11 is 2.49. The number of carbonyl (C=O) groups excluding carboxylic acids is 2.